The smallest absolute Gasteiger partial charge is 0.338 e. The van der Waals surface area contributed by atoms with Crippen LogP contribution >= 0.6 is 0 Å². The maximum absolute atomic E-state index is 10.6. The van der Waals surface area contributed by atoms with Gasteiger partial charge in [0.15, 0.2) is 5.69 Å². The number of aromatic carboxylic acids is 2. The van der Waals surface area contributed by atoms with Gasteiger partial charge in [0.2, 0.25) is 0 Å². The zero-order chi connectivity index (χ0) is 10.7. The molecule has 1 aromatic heterocycles. The van der Waals surface area contributed by atoms with E-state index in [9.17, 15) is 9.59 Å². The topological polar surface area (TPSA) is 111 Å². The van der Waals surface area contributed by atoms with E-state index >= 15 is 0 Å². The number of carbonyl (C=O) groups is 2. The number of hydrogen-bond donors (Lipinski definition) is 2. The van der Waals surface area contributed by atoms with Crippen molar-refractivity contribution in [1.82, 2.24) is 4.98 Å². The van der Waals surface area contributed by atoms with Crippen molar-refractivity contribution in [2.45, 2.75) is 0 Å². The van der Waals surface area contributed by atoms with Gasteiger partial charge in [0.05, 0.1) is 11.1 Å². The predicted octanol–water partition coefficient (Wildman–Crippen LogP) is 0.350. The number of aromatic nitrogens is 1. The van der Waals surface area contributed by atoms with Gasteiger partial charge < -0.3 is 10.2 Å². The van der Waals surface area contributed by atoms with Crippen LogP contribution in [0.2, 0.25) is 0 Å². The van der Waals surface area contributed by atoms with Crippen molar-refractivity contribution in [3.05, 3.63) is 29.1 Å². The molecule has 0 amide bonds. The fraction of sp³-hybridized carbons (Fsp3) is 0. The van der Waals surface area contributed by atoms with Crippen molar-refractivity contribution in [1.29, 1.82) is 5.26 Å². The highest BCUT2D eigenvalue weighted by Crippen LogP contribution is 2.08. The number of hydrogen-bond acceptors (Lipinski definition) is 4. The highest BCUT2D eigenvalue weighted by molar-refractivity contribution is 5.94. The van der Waals surface area contributed by atoms with Gasteiger partial charge in [-0.15, -0.1) is 0 Å². The normalized spacial score (nSPS) is 9.07. The molecule has 70 valence electrons. The van der Waals surface area contributed by atoms with Gasteiger partial charge in [-0.25, -0.2) is 14.6 Å². The Bertz CT molecular complexity index is 447. The third kappa shape index (κ3) is 1.67. The molecule has 0 aliphatic heterocycles. The minimum Gasteiger partial charge on any atom is -0.478 e. The zero-order valence-corrected chi connectivity index (χ0v) is 6.76. The molecule has 0 radical (unpaired) electrons. The summed E-state index contributed by atoms with van der Waals surface area (Å²) in [6.07, 6.45) is 0.938. The van der Waals surface area contributed by atoms with E-state index < -0.39 is 17.5 Å². The largest absolute Gasteiger partial charge is 0.478 e. The van der Waals surface area contributed by atoms with Crippen molar-refractivity contribution in [3.8, 4) is 6.07 Å². The summed E-state index contributed by atoms with van der Waals surface area (Å²) in [5.74, 6) is -2.67. The number of rotatable bonds is 2. The first kappa shape index (κ1) is 9.67. The molecule has 0 aromatic carbocycles. The Labute approximate surface area is 78.0 Å². The van der Waals surface area contributed by atoms with Gasteiger partial charge in [0, 0.05) is 6.20 Å². The van der Waals surface area contributed by atoms with Crippen LogP contribution < -0.4 is 0 Å². The molecule has 0 atom stereocenters. The van der Waals surface area contributed by atoms with Crippen LogP contribution in [0.3, 0.4) is 0 Å². The van der Waals surface area contributed by atoms with Crippen LogP contribution in [-0.2, 0) is 0 Å². The van der Waals surface area contributed by atoms with E-state index in [4.69, 9.17) is 15.5 Å². The molecule has 6 nitrogen and oxygen atoms in total. The van der Waals surface area contributed by atoms with E-state index in [0.29, 0.717) is 0 Å². The van der Waals surface area contributed by atoms with Crippen LogP contribution in [0.1, 0.15) is 26.4 Å². The minimum absolute atomic E-state index is 0.263. The zero-order valence-electron chi connectivity index (χ0n) is 6.76. The lowest BCUT2D eigenvalue weighted by Crippen LogP contribution is -2.06. The van der Waals surface area contributed by atoms with Gasteiger partial charge in [0.1, 0.15) is 6.07 Å². The molecule has 0 spiro atoms. The Balaban J connectivity index is 3.37. The van der Waals surface area contributed by atoms with Gasteiger partial charge in [-0.3, -0.25) is 0 Å². The fourth-order valence-corrected chi connectivity index (χ4v) is 0.834. The third-order valence-corrected chi connectivity index (χ3v) is 1.47. The van der Waals surface area contributed by atoms with Crippen LogP contribution in [0, 0.1) is 11.3 Å². The molecule has 0 saturated heterocycles. The first-order chi connectivity index (χ1) is 6.56. The summed E-state index contributed by atoms with van der Waals surface area (Å²) in [6, 6.07) is 2.46. The fourth-order valence-electron chi connectivity index (χ4n) is 0.834. The first-order valence-electron chi connectivity index (χ1n) is 3.43. The molecule has 6 heteroatoms. The predicted molar refractivity (Wildman–Crippen MR) is 42.9 cm³/mol. The van der Waals surface area contributed by atoms with Gasteiger partial charge >= 0.3 is 11.9 Å². The highest BCUT2D eigenvalue weighted by atomic mass is 16.4. The summed E-state index contributed by atoms with van der Waals surface area (Å²) in [4.78, 5) is 24.4. The Morgan fingerprint density at radius 3 is 2.43 bits per heavy atom. The second-order valence-electron chi connectivity index (χ2n) is 2.34. The van der Waals surface area contributed by atoms with E-state index in [0.717, 1.165) is 12.3 Å². The van der Waals surface area contributed by atoms with Crippen molar-refractivity contribution >= 4 is 11.9 Å². The molecule has 0 aliphatic carbocycles. The molecule has 1 aromatic rings. The molecule has 0 unspecified atom stereocenters. The van der Waals surface area contributed by atoms with Gasteiger partial charge in [0.25, 0.3) is 0 Å². The number of pyridine rings is 1. The average molecular weight is 192 g/mol. The Kier molecular flexibility index (Phi) is 2.44. The Morgan fingerprint density at radius 2 is 2.00 bits per heavy atom. The first-order valence-corrected chi connectivity index (χ1v) is 3.43. The summed E-state index contributed by atoms with van der Waals surface area (Å²) in [5.41, 5.74) is -0.976. The maximum Gasteiger partial charge on any atom is 0.338 e. The van der Waals surface area contributed by atoms with Crippen molar-refractivity contribution in [3.63, 3.8) is 0 Å². The number of carboxylic acids is 2. The van der Waals surface area contributed by atoms with Crippen molar-refractivity contribution < 1.29 is 19.8 Å². The average Bonchev–Trinajstić information content (AvgIpc) is 2.16. The lowest BCUT2D eigenvalue weighted by atomic mass is 10.1. The van der Waals surface area contributed by atoms with Gasteiger partial charge in [-0.05, 0) is 6.07 Å². The molecule has 0 saturated carbocycles. The van der Waals surface area contributed by atoms with E-state index in [1.54, 1.807) is 6.07 Å². The summed E-state index contributed by atoms with van der Waals surface area (Å²) >= 11 is 0. The lowest BCUT2D eigenvalue weighted by Gasteiger charge is -1.98. The van der Waals surface area contributed by atoms with Crippen LogP contribution in [0.25, 0.3) is 0 Å². The summed E-state index contributed by atoms with van der Waals surface area (Å²) in [5, 5.41) is 25.6. The second kappa shape index (κ2) is 3.53. The number of nitriles is 1. The molecule has 1 rings (SSSR count). The molecule has 14 heavy (non-hydrogen) atoms. The molecule has 2 N–H and O–H groups in total. The number of carboxylic acid groups (broad SMARTS) is 2. The Morgan fingerprint density at radius 1 is 1.36 bits per heavy atom. The van der Waals surface area contributed by atoms with Crippen LogP contribution in [0.5, 0.6) is 0 Å². The SMILES string of the molecule is N#Cc1ncc(C(=O)O)cc1C(=O)O. The standard InChI is InChI=1S/C8H4N2O4/c9-2-6-5(8(13)14)1-4(3-10-6)7(11)12/h1,3H,(H,11,12)(H,13,14). The number of nitrogens with zero attached hydrogens (tertiary/aromatic N) is 2. The van der Waals surface area contributed by atoms with Gasteiger partial charge in [-0.1, -0.05) is 0 Å². The third-order valence-electron chi connectivity index (χ3n) is 1.47. The minimum atomic E-state index is -1.38. The summed E-state index contributed by atoms with van der Waals surface area (Å²) in [6.45, 7) is 0. The monoisotopic (exact) mass is 192 g/mol. The maximum atomic E-state index is 10.6. The molecular weight excluding hydrogens is 188 g/mol. The van der Waals surface area contributed by atoms with E-state index in [1.807, 2.05) is 0 Å². The van der Waals surface area contributed by atoms with E-state index in [1.165, 1.54) is 0 Å². The van der Waals surface area contributed by atoms with Gasteiger partial charge in [-0.2, -0.15) is 5.26 Å². The molecule has 0 aliphatic rings. The van der Waals surface area contributed by atoms with E-state index in [-0.39, 0.29) is 11.3 Å². The van der Waals surface area contributed by atoms with Crippen molar-refractivity contribution in [2.24, 2.45) is 0 Å². The molecule has 1 heterocycles. The lowest BCUT2D eigenvalue weighted by molar-refractivity contribution is 0.0695. The molecular formula is C8H4N2O4. The highest BCUT2D eigenvalue weighted by Gasteiger charge is 2.14. The van der Waals surface area contributed by atoms with E-state index in [2.05, 4.69) is 4.98 Å². The van der Waals surface area contributed by atoms with Crippen LogP contribution in [-0.4, -0.2) is 27.1 Å². The summed E-state index contributed by atoms with van der Waals surface area (Å²) in [7, 11) is 0. The quantitative estimate of drug-likeness (QED) is 0.699. The van der Waals surface area contributed by atoms with Crippen molar-refractivity contribution in [2.75, 3.05) is 0 Å². The Hall–Kier alpha value is -2.42. The second-order valence-corrected chi connectivity index (χ2v) is 2.34. The van der Waals surface area contributed by atoms with Crippen LogP contribution in [0.4, 0.5) is 0 Å². The van der Waals surface area contributed by atoms with Crippen LogP contribution in [0.15, 0.2) is 12.3 Å². The molecule has 0 fully saturated rings. The summed E-state index contributed by atoms with van der Waals surface area (Å²) < 4.78 is 0. The molecule has 0 bridgehead atoms.